The van der Waals surface area contributed by atoms with Crippen LogP contribution in [0, 0.1) is 11.8 Å². The van der Waals surface area contributed by atoms with Gasteiger partial charge in [0.15, 0.2) is 0 Å². The van der Waals surface area contributed by atoms with Crippen LogP contribution in [0.25, 0.3) is 0 Å². The molecule has 1 aromatic rings. The Labute approximate surface area is 114 Å². The van der Waals surface area contributed by atoms with Crippen molar-refractivity contribution in [3.05, 3.63) is 29.8 Å². The van der Waals surface area contributed by atoms with Crippen molar-refractivity contribution < 1.29 is 13.5 Å². The molecule has 19 heavy (non-hydrogen) atoms. The van der Waals surface area contributed by atoms with E-state index in [-0.39, 0.29) is 17.5 Å². The summed E-state index contributed by atoms with van der Waals surface area (Å²) in [5.74, 6) is 5.24. The molecule has 0 spiro atoms. The van der Waals surface area contributed by atoms with Crippen molar-refractivity contribution in [2.24, 2.45) is 0 Å². The van der Waals surface area contributed by atoms with Crippen molar-refractivity contribution in [1.82, 2.24) is 4.31 Å². The van der Waals surface area contributed by atoms with E-state index in [2.05, 4.69) is 11.8 Å². The molecule has 0 bridgehead atoms. The maximum absolute atomic E-state index is 12.5. The number of rotatable bonds is 2. The Morgan fingerprint density at radius 2 is 2.26 bits per heavy atom. The van der Waals surface area contributed by atoms with Gasteiger partial charge in [0.2, 0.25) is 10.0 Å². The molecule has 2 rings (SSSR count). The highest BCUT2D eigenvalue weighted by Crippen LogP contribution is 2.25. The molecule has 1 aliphatic rings. The first-order valence-corrected chi connectivity index (χ1v) is 7.71. The van der Waals surface area contributed by atoms with Gasteiger partial charge in [-0.1, -0.05) is 17.9 Å². The summed E-state index contributed by atoms with van der Waals surface area (Å²) in [5, 5.41) is 8.66. The van der Waals surface area contributed by atoms with Gasteiger partial charge in [-0.05, 0) is 38.0 Å². The van der Waals surface area contributed by atoms with E-state index in [1.807, 2.05) is 6.92 Å². The largest absolute Gasteiger partial charge is 0.384 e. The summed E-state index contributed by atoms with van der Waals surface area (Å²) in [6.07, 6.45) is 1.81. The van der Waals surface area contributed by atoms with E-state index in [1.165, 1.54) is 0 Å². The lowest BCUT2D eigenvalue weighted by molar-refractivity contribution is 0.350. The van der Waals surface area contributed by atoms with Gasteiger partial charge in [0.25, 0.3) is 0 Å². The Morgan fingerprint density at radius 1 is 1.47 bits per heavy atom. The molecule has 0 aliphatic carbocycles. The fourth-order valence-electron chi connectivity index (χ4n) is 2.28. The second-order valence-corrected chi connectivity index (χ2v) is 6.49. The molecule has 0 radical (unpaired) electrons. The zero-order valence-corrected chi connectivity index (χ0v) is 11.7. The first kappa shape index (κ1) is 14.1. The fraction of sp³-hybridized carbons (Fsp3) is 0.429. The number of nitrogens with zero attached hydrogens (tertiary/aromatic N) is 1. The van der Waals surface area contributed by atoms with E-state index in [1.54, 1.807) is 28.6 Å². The minimum absolute atomic E-state index is 0.0529. The normalized spacial score (nSPS) is 20.0. The monoisotopic (exact) mass is 279 g/mol. The van der Waals surface area contributed by atoms with Gasteiger partial charge in [-0.2, -0.15) is 4.31 Å². The molecular formula is C14H17NO3S. The van der Waals surface area contributed by atoms with Crippen molar-refractivity contribution in [2.45, 2.75) is 30.7 Å². The molecule has 0 saturated carbocycles. The van der Waals surface area contributed by atoms with Crippen molar-refractivity contribution in [2.75, 3.05) is 13.2 Å². The Bertz CT molecular complexity index is 613. The molecule has 102 valence electrons. The Kier molecular flexibility index (Phi) is 4.25. The number of benzene rings is 1. The maximum Gasteiger partial charge on any atom is 0.243 e. The molecule has 1 heterocycles. The lowest BCUT2D eigenvalue weighted by Gasteiger charge is -2.20. The quantitative estimate of drug-likeness (QED) is 0.828. The van der Waals surface area contributed by atoms with Gasteiger partial charge >= 0.3 is 0 Å². The van der Waals surface area contributed by atoms with Crippen LogP contribution in [-0.2, 0) is 10.0 Å². The van der Waals surface area contributed by atoms with Gasteiger partial charge in [-0.3, -0.25) is 0 Å². The molecule has 5 heteroatoms. The fourth-order valence-corrected chi connectivity index (χ4v) is 4.02. The SMILES string of the molecule is CC1CCCN1S(=O)(=O)c1cccc(C#CCO)c1. The highest BCUT2D eigenvalue weighted by atomic mass is 32.2. The van der Waals surface area contributed by atoms with Crippen LogP contribution in [0.1, 0.15) is 25.3 Å². The van der Waals surface area contributed by atoms with Crippen LogP contribution in [0.4, 0.5) is 0 Å². The molecule has 0 aromatic heterocycles. The summed E-state index contributed by atoms with van der Waals surface area (Å²) in [6, 6.07) is 6.61. The molecule has 1 unspecified atom stereocenters. The Balaban J connectivity index is 2.35. The van der Waals surface area contributed by atoms with E-state index in [0.717, 1.165) is 12.8 Å². The van der Waals surface area contributed by atoms with E-state index in [0.29, 0.717) is 12.1 Å². The summed E-state index contributed by atoms with van der Waals surface area (Å²) < 4.78 is 26.5. The lowest BCUT2D eigenvalue weighted by Crippen LogP contribution is -2.33. The minimum Gasteiger partial charge on any atom is -0.384 e. The van der Waals surface area contributed by atoms with Gasteiger partial charge < -0.3 is 5.11 Å². The highest BCUT2D eigenvalue weighted by Gasteiger charge is 2.32. The highest BCUT2D eigenvalue weighted by molar-refractivity contribution is 7.89. The predicted molar refractivity (Wildman–Crippen MR) is 73.0 cm³/mol. The number of aliphatic hydroxyl groups excluding tert-OH is 1. The van der Waals surface area contributed by atoms with Gasteiger partial charge in [-0.15, -0.1) is 0 Å². The molecule has 1 aromatic carbocycles. The van der Waals surface area contributed by atoms with E-state index >= 15 is 0 Å². The summed E-state index contributed by atoms with van der Waals surface area (Å²) in [4.78, 5) is 0.269. The van der Waals surface area contributed by atoms with Gasteiger partial charge in [0, 0.05) is 18.2 Å². The third-order valence-electron chi connectivity index (χ3n) is 3.24. The topological polar surface area (TPSA) is 57.6 Å². The van der Waals surface area contributed by atoms with Crippen molar-refractivity contribution >= 4 is 10.0 Å². The summed E-state index contributed by atoms with van der Waals surface area (Å²) in [6.45, 7) is 2.27. The van der Waals surface area contributed by atoms with E-state index in [4.69, 9.17) is 5.11 Å². The standard InChI is InChI=1S/C14H17NO3S/c1-12-5-3-9-15(12)19(17,18)14-8-2-6-13(11-14)7-4-10-16/h2,6,8,11-12,16H,3,5,9-10H2,1H3. The lowest BCUT2D eigenvalue weighted by atomic mass is 10.2. The van der Waals surface area contributed by atoms with Crippen LogP contribution in [0.3, 0.4) is 0 Å². The maximum atomic E-state index is 12.5. The van der Waals surface area contributed by atoms with Crippen LogP contribution in [0.2, 0.25) is 0 Å². The number of hydrogen-bond donors (Lipinski definition) is 1. The summed E-state index contributed by atoms with van der Waals surface area (Å²) >= 11 is 0. The predicted octanol–water partition coefficient (Wildman–Crippen LogP) is 1.20. The van der Waals surface area contributed by atoms with E-state index < -0.39 is 10.0 Å². The Hall–Kier alpha value is -1.35. The van der Waals surface area contributed by atoms with E-state index in [9.17, 15) is 8.42 Å². The second-order valence-electron chi connectivity index (χ2n) is 4.59. The molecule has 1 aliphatic heterocycles. The first-order chi connectivity index (χ1) is 9.05. The molecule has 1 saturated heterocycles. The van der Waals surface area contributed by atoms with Crippen molar-refractivity contribution in [3.8, 4) is 11.8 Å². The molecule has 1 atom stereocenters. The average Bonchev–Trinajstić information content (AvgIpc) is 2.84. The van der Waals surface area contributed by atoms with Gasteiger partial charge in [0.1, 0.15) is 6.61 Å². The second kappa shape index (κ2) is 5.74. The average molecular weight is 279 g/mol. The summed E-state index contributed by atoms with van der Waals surface area (Å²) in [5.41, 5.74) is 0.599. The van der Waals surface area contributed by atoms with Crippen LogP contribution >= 0.6 is 0 Å². The molecule has 0 amide bonds. The number of hydrogen-bond acceptors (Lipinski definition) is 3. The Morgan fingerprint density at radius 3 is 2.89 bits per heavy atom. The van der Waals surface area contributed by atoms with Crippen molar-refractivity contribution in [3.63, 3.8) is 0 Å². The minimum atomic E-state index is -3.43. The van der Waals surface area contributed by atoms with Gasteiger partial charge in [0.05, 0.1) is 4.90 Å². The zero-order valence-electron chi connectivity index (χ0n) is 10.8. The van der Waals surface area contributed by atoms with Crippen LogP contribution in [0.5, 0.6) is 0 Å². The van der Waals surface area contributed by atoms with Gasteiger partial charge in [-0.25, -0.2) is 8.42 Å². The van der Waals surface area contributed by atoms with Crippen LogP contribution in [0.15, 0.2) is 29.2 Å². The summed E-state index contributed by atoms with van der Waals surface area (Å²) in [7, 11) is -3.43. The third kappa shape index (κ3) is 2.98. The molecule has 1 fully saturated rings. The zero-order chi connectivity index (χ0) is 13.9. The first-order valence-electron chi connectivity index (χ1n) is 6.27. The molecule has 1 N–H and O–H groups in total. The molecular weight excluding hydrogens is 262 g/mol. The van der Waals surface area contributed by atoms with Crippen molar-refractivity contribution in [1.29, 1.82) is 0 Å². The third-order valence-corrected chi connectivity index (χ3v) is 5.25. The number of sulfonamides is 1. The smallest absolute Gasteiger partial charge is 0.243 e. The van der Waals surface area contributed by atoms with Crippen LogP contribution in [-0.4, -0.2) is 37.0 Å². The molecule has 4 nitrogen and oxygen atoms in total. The van der Waals surface area contributed by atoms with Crippen LogP contribution < -0.4 is 0 Å². The number of aliphatic hydroxyl groups is 1.